The van der Waals surface area contributed by atoms with Gasteiger partial charge in [0, 0.05) is 11.1 Å². The van der Waals surface area contributed by atoms with Crippen molar-refractivity contribution >= 4 is 63.2 Å². The summed E-state index contributed by atoms with van der Waals surface area (Å²) in [5.41, 5.74) is 3.03. The maximum Gasteiger partial charge on any atom is 0.257 e. The number of hydrogen-bond donors (Lipinski definition) is 2. The Kier molecular flexibility index (Phi) is 6.08. The van der Waals surface area contributed by atoms with Crippen LogP contribution in [0.4, 0.5) is 5.69 Å². The molecular weight excluding hydrogens is 457 g/mol. The third-order valence-electron chi connectivity index (χ3n) is 4.40. The number of ether oxygens (including phenoxy) is 1. The van der Waals surface area contributed by atoms with Gasteiger partial charge in [-0.15, -0.1) is 0 Å². The van der Waals surface area contributed by atoms with Crippen molar-refractivity contribution in [3.8, 4) is 17.2 Å². The van der Waals surface area contributed by atoms with Crippen LogP contribution in [0.2, 0.25) is 10.0 Å². The number of amides is 1. The number of nitrogens with one attached hydrogen (secondary N) is 2. The van der Waals surface area contributed by atoms with Gasteiger partial charge in [0.25, 0.3) is 5.91 Å². The molecule has 0 atom stereocenters. The number of aromatic nitrogens is 1. The molecule has 1 heterocycles. The monoisotopic (exact) mass is 471 g/mol. The maximum absolute atomic E-state index is 12.5. The summed E-state index contributed by atoms with van der Waals surface area (Å²) in [5.74, 6) is 0.564. The van der Waals surface area contributed by atoms with Crippen molar-refractivity contribution in [2.45, 2.75) is 0 Å². The van der Waals surface area contributed by atoms with Crippen LogP contribution < -0.4 is 15.4 Å². The summed E-state index contributed by atoms with van der Waals surface area (Å²) in [7, 11) is 1.54. The van der Waals surface area contributed by atoms with Gasteiger partial charge in [0.05, 0.1) is 22.8 Å². The quantitative estimate of drug-likeness (QED) is 0.358. The number of methoxy groups -OCH3 is 1. The number of carbonyl (C=O) groups excluding carboxylic acids is 1. The molecule has 0 spiro atoms. The number of nitrogens with zero attached hydrogens (tertiary/aromatic N) is 1. The highest BCUT2D eigenvalue weighted by molar-refractivity contribution is 7.80. The summed E-state index contributed by atoms with van der Waals surface area (Å²) in [4.78, 5) is 17.0. The van der Waals surface area contributed by atoms with E-state index in [1.807, 2.05) is 30.3 Å². The number of hydrogen-bond acceptors (Lipinski definition) is 5. The molecule has 0 bridgehead atoms. The second kappa shape index (κ2) is 8.93. The standard InChI is InChI=1S/C22H15Cl2N3O3S/c1-29-18-9-7-13(21-25-16-4-2-3-5-19(16)30-21)11-17(18)26-22(31)27-20(28)12-6-8-14(23)15(24)10-12/h2-11H,1H3,(H2,26,27,28,31). The molecule has 6 nitrogen and oxygen atoms in total. The van der Waals surface area contributed by atoms with Gasteiger partial charge >= 0.3 is 0 Å². The van der Waals surface area contributed by atoms with Gasteiger partial charge in [-0.2, -0.15) is 0 Å². The molecule has 0 aliphatic carbocycles. The fourth-order valence-electron chi connectivity index (χ4n) is 2.90. The Hall–Kier alpha value is -3.13. The number of halogens is 2. The Morgan fingerprint density at radius 2 is 1.87 bits per heavy atom. The molecule has 4 rings (SSSR count). The predicted molar refractivity (Wildman–Crippen MR) is 126 cm³/mol. The molecule has 9 heteroatoms. The molecule has 1 aromatic heterocycles. The van der Waals surface area contributed by atoms with E-state index in [0.29, 0.717) is 33.5 Å². The Morgan fingerprint density at radius 3 is 2.61 bits per heavy atom. The molecule has 3 aromatic carbocycles. The van der Waals surface area contributed by atoms with Gasteiger partial charge in [0.2, 0.25) is 5.89 Å². The summed E-state index contributed by atoms with van der Waals surface area (Å²) < 4.78 is 11.2. The van der Waals surface area contributed by atoms with E-state index in [0.717, 1.165) is 11.1 Å². The molecule has 156 valence electrons. The van der Waals surface area contributed by atoms with E-state index in [1.54, 1.807) is 24.3 Å². The molecule has 0 unspecified atom stereocenters. The summed E-state index contributed by atoms with van der Waals surface area (Å²) in [6.45, 7) is 0. The molecule has 0 saturated heterocycles. The molecule has 0 aliphatic rings. The molecule has 31 heavy (non-hydrogen) atoms. The SMILES string of the molecule is COc1ccc(-c2nc3ccccc3o2)cc1NC(=S)NC(=O)c1ccc(Cl)c(Cl)c1. The lowest BCUT2D eigenvalue weighted by atomic mass is 10.2. The van der Waals surface area contributed by atoms with Crippen molar-refractivity contribution in [1.82, 2.24) is 10.3 Å². The van der Waals surface area contributed by atoms with Crippen LogP contribution in [0.25, 0.3) is 22.6 Å². The zero-order valence-corrected chi connectivity index (χ0v) is 18.4. The zero-order chi connectivity index (χ0) is 22.0. The van der Waals surface area contributed by atoms with Gasteiger partial charge < -0.3 is 14.5 Å². The smallest absolute Gasteiger partial charge is 0.257 e. The number of para-hydroxylation sites is 2. The molecule has 0 saturated carbocycles. The minimum atomic E-state index is -0.426. The molecule has 2 N–H and O–H groups in total. The summed E-state index contributed by atoms with van der Waals surface area (Å²) >= 11 is 17.2. The molecular formula is C22H15Cl2N3O3S. The highest BCUT2D eigenvalue weighted by Crippen LogP contribution is 2.32. The maximum atomic E-state index is 12.5. The van der Waals surface area contributed by atoms with E-state index in [-0.39, 0.29) is 10.1 Å². The Bertz CT molecular complexity index is 1270. The topological polar surface area (TPSA) is 76.4 Å². The van der Waals surface area contributed by atoms with Crippen molar-refractivity contribution < 1.29 is 13.9 Å². The first-order valence-corrected chi connectivity index (χ1v) is 10.2. The van der Waals surface area contributed by atoms with Crippen LogP contribution in [0.1, 0.15) is 10.4 Å². The molecule has 0 radical (unpaired) electrons. The van der Waals surface area contributed by atoms with Crippen molar-refractivity contribution in [1.29, 1.82) is 0 Å². The van der Waals surface area contributed by atoms with E-state index >= 15 is 0 Å². The number of fused-ring (bicyclic) bond motifs is 1. The average Bonchev–Trinajstić information content (AvgIpc) is 3.20. The van der Waals surface area contributed by atoms with Gasteiger partial charge in [0.1, 0.15) is 11.3 Å². The normalized spacial score (nSPS) is 10.7. The van der Waals surface area contributed by atoms with Crippen molar-refractivity contribution in [3.05, 3.63) is 76.3 Å². The third-order valence-corrected chi connectivity index (χ3v) is 5.34. The minimum absolute atomic E-state index is 0.0871. The van der Waals surface area contributed by atoms with E-state index in [4.69, 9.17) is 44.6 Å². The lowest BCUT2D eigenvalue weighted by Gasteiger charge is -2.14. The second-order valence-corrected chi connectivity index (χ2v) is 7.66. The average molecular weight is 472 g/mol. The number of rotatable bonds is 4. The lowest BCUT2D eigenvalue weighted by Crippen LogP contribution is -2.34. The second-order valence-electron chi connectivity index (χ2n) is 6.44. The van der Waals surface area contributed by atoms with Crippen LogP contribution in [-0.4, -0.2) is 23.1 Å². The van der Waals surface area contributed by atoms with Gasteiger partial charge in [-0.3, -0.25) is 10.1 Å². The minimum Gasteiger partial charge on any atom is -0.495 e. The number of thiocarbonyl (C=S) groups is 1. The fraction of sp³-hybridized carbons (Fsp3) is 0.0455. The van der Waals surface area contributed by atoms with Crippen LogP contribution in [0.5, 0.6) is 5.75 Å². The third kappa shape index (κ3) is 4.64. The number of oxazole rings is 1. The first-order valence-electron chi connectivity index (χ1n) is 9.06. The summed E-state index contributed by atoms with van der Waals surface area (Å²) in [6.07, 6.45) is 0. The molecule has 0 fully saturated rings. The summed E-state index contributed by atoms with van der Waals surface area (Å²) in [5, 5.41) is 6.31. The number of carbonyl (C=O) groups is 1. The van der Waals surface area contributed by atoms with Gasteiger partial charge in [0.15, 0.2) is 10.7 Å². The first-order chi connectivity index (χ1) is 14.9. The highest BCUT2D eigenvalue weighted by atomic mass is 35.5. The highest BCUT2D eigenvalue weighted by Gasteiger charge is 2.14. The lowest BCUT2D eigenvalue weighted by molar-refractivity contribution is 0.0977. The largest absolute Gasteiger partial charge is 0.495 e. The summed E-state index contributed by atoms with van der Waals surface area (Å²) in [6, 6.07) is 17.4. The van der Waals surface area contributed by atoms with Crippen molar-refractivity contribution in [2.75, 3.05) is 12.4 Å². The molecule has 1 amide bonds. The number of benzene rings is 3. The van der Waals surface area contributed by atoms with Crippen LogP contribution in [0.3, 0.4) is 0 Å². The van der Waals surface area contributed by atoms with Crippen LogP contribution in [0.15, 0.2) is 65.1 Å². The van der Waals surface area contributed by atoms with Crippen LogP contribution >= 0.6 is 35.4 Å². The van der Waals surface area contributed by atoms with E-state index < -0.39 is 5.91 Å². The van der Waals surface area contributed by atoms with Crippen LogP contribution in [0, 0.1) is 0 Å². The van der Waals surface area contributed by atoms with E-state index in [1.165, 1.54) is 13.2 Å². The zero-order valence-electron chi connectivity index (χ0n) is 16.1. The predicted octanol–water partition coefficient (Wildman–Crippen LogP) is 5.94. The Balaban J connectivity index is 1.55. The van der Waals surface area contributed by atoms with Crippen molar-refractivity contribution in [3.63, 3.8) is 0 Å². The van der Waals surface area contributed by atoms with Gasteiger partial charge in [-0.1, -0.05) is 35.3 Å². The van der Waals surface area contributed by atoms with Crippen LogP contribution in [-0.2, 0) is 0 Å². The fourth-order valence-corrected chi connectivity index (χ4v) is 3.40. The Morgan fingerprint density at radius 1 is 1.06 bits per heavy atom. The van der Waals surface area contributed by atoms with Gasteiger partial charge in [-0.05, 0) is 60.7 Å². The molecule has 0 aliphatic heterocycles. The molecule has 4 aromatic rings. The van der Waals surface area contributed by atoms with E-state index in [2.05, 4.69) is 15.6 Å². The Labute approximate surface area is 193 Å². The van der Waals surface area contributed by atoms with E-state index in [9.17, 15) is 4.79 Å². The number of anilines is 1. The van der Waals surface area contributed by atoms with Gasteiger partial charge in [-0.25, -0.2) is 4.98 Å². The first kappa shape index (κ1) is 21.1. The van der Waals surface area contributed by atoms with Crippen molar-refractivity contribution in [2.24, 2.45) is 0 Å².